The zero-order chi connectivity index (χ0) is 31.8. The number of para-hydroxylation sites is 1. The van der Waals surface area contributed by atoms with Crippen LogP contribution in [-0.2, 0) is 19.1 Å². The number of benzene rings is 2. The molecule has 0 bridgehead atoms. The molecule has 11 heteroatoms. The second-order valence-electron chi connectivity index (χ2n) is 11.9. The molecule has 3 atom stereocenters. The maximum atomic E-state index is 14.3. The zero-order valence-electron chi connectivity index (χ0n) is 25.4. The van der Waals surface area contributed by atoms with E-state index >= 15 is 0 Å². The van der Waals surface area contributed by atoms with Crippen molar-refractivity contribution in [3.63, 3.8) is 0 Å². The summed E-state index contributed by atoms with van der Waals surface area (Å²) in [5.74, 6) is -1.81. The van der Waals surface area contributed by atoms with E-state index in [1.165, 1.54) is 17.0 Å². The van der Waals surface area contributed by atoms with E-state index in [1.54, 1.807) is 65.0 Å². The highest BCUT2D eigenvalue weighted by molar-refractivity contribution is 6.34. The predicted molar refractivity (Wildman–Crippen MR) is 163 cm³/mol. The van der Waals surface area contributed by atoms with Gasteiger partial charge in [0.2, 0.25) is 11.8 Å². The molecule has 4 amide bonds. The molecule has 0 spiro atoms. The summed E-state index contributed by atoms with van der Waals surface area (Å²) in [5, 5.41) is 15.6. The number of anilines is 1. The summed E-state index contributed by atoms with van der Waals surface area (Å²) < 4.78 is 5.34. The third kappa shape index (κ3) is 10.2. The van der Waals surface area contributed by atoms with E-state index in [-0.39, 0.29) is 5.75 Å². The first-order chi connectivity index (χ1) is 19.5. The SMILES string of the molecule is Cc1cccc(Cl)c1NC(=O)C(c1ccc(O)cc1)N(C(=O)C(CC(N)=O)NC(=O)OC(C)(C)C)C(C)CCC(C)C. The Kier molecular flexibility index (Phi) is 12.2. The minimum Gasteiger partial charge on any atom is -0.508 e. The second-order valence-corrected chi connectivity index (χ2v) is 12.3. The molecule has 0 aliphatic heterocycles. The van der Waals surface area contributed by atoms with Gasteiger partial charge in [-0.15, -0.1) is 0 Å². The first kappa shape index (κ1) is 34.4. The van der Waals surface area contributed by atoms with Crippen molar-refractivity contribution in [3.05, 3.63) is 58.6 Å². The fourth-order valence-corrected chi connectivity index (χ4v) is 4.69. The molecule has 230 valence electrons. The fraction of sp³-hybridized carbons (Fsp3) is 0.484. The number of amides is 4. The van der Waals surface area contributed by atoms with Gasteiger partial charge >= 0.3 is 6.09 Å². The number of aromatic hydroxyl groups is 1. The molecular formula is C31H43ClN4O6. The number of rotatable bonds is 12. The summed E-state index contributed by atoms with van der Waals surface area (Å²) in [7, 11) is 0. The molecule has 0 radical (unpaired) electrons. The topological polar surface area (TPSA) is 151 Å². The maximum Gasteiger partial charge on any atom is 0.408 e. The molecule has 0 saturated heterocycles. The number of hydrogen-bond donors (Lipinski definition) is 4. The Balaban J connectivity index is 2.67. The molecule has 2 aromatic carbocycles. The number of primary amides is 1. The molecule has 0 aromatic heterocycles. The van der Waals surface area contributed by atoms with E-state index in [0.717, 1.165) is 6.42 Å². The number of carbonyl (C=O) groups is 4. The van der Waals surface area contributed by atoms with Crippen LogP contribution in [0.15, 0.2) is 42.5 Å². The lowest BCUT2D eigenvalue weighted by molar-refractivity contribution is -0.144. The lowest BCUT2D eigenvalue weighted by atomic mass is 9.96. The lowest BCUT2D eigenvalue weighted by Gasteiger charge is -2.38. The molecule has 2 rings (SSSR count). The Morgan fingerprint density at radius 3 is 2.17 bits per heavy atom. The lowest BCUT2D eigenvalue weighted by Crippen LogP contribution is -2.55. The van der Waals surface area contributed by atoms with Gasteiger partial charge in [-0.25, -0.2) is 4.79 Å². The van der Waals surface area contributed by atoms with E-state index in [0.29, 0.717) is 34.2 Å². The number of phenolic OH excluding ortho intramolecular Hbond substituents is 1. The van der Waals surface area contributed by atoms with Gasteiger partial charge < -0.3 is 31.1 Å². The Bertz CT molecular complexity index is 1240. The van der Waals surface area contributed by atoms with Gasteiger partial charge in [0, 0.05) is 6.04 Å². The molecule has 2 aromatic rings. The van der Waals surface area contributed by atoms with E-state index in [9.17, 15) is 24.3 Å². The standard InChI is InChI=1S/C31H43ClN4O6/c1-18(2)11-12-20(4)36(29(40)24(17-25(33)38)34-30(41)42-31(5,6)7)27(21-13-15-22(37)16-14-21)28(39)35-26-19(3)9-8-10-23(26)32/h8-10,13-16,18,20,24,27,37H,11-12,17H2,1-7H3,(H2,33,38)(H,34,41)(H,35,39). The van der Waals surface area contributed by atoms with Gasteiger partial charge in [0.1, 0.15) is 23.4 Å². The van der Waals surface area contributed by atoms with Crippen LogP contribution in [-0.4, -0.2) is 51.5 Å². The average Bonchev–Trinajstić information content (AvgIpc) is 2.86. The first-order valence-electron chi connectivity index (χ1n) is 13.9. The van der Waals surface area contributed by atoms with Crippen molar-refractivity contribution >= 4 is 41.1 Å². The number of nitrogens with one attached hydrogen (secondary N) is 2. The molecule has 42 heavy (non-hydrogen) atoms. The van der Waals surface area contributed by atoms with Crippen molar-refractivity contribution in [2.45, 2.75) is 91.5 Å². The van der Waals surface area contributed by atoms with Crippen LogP contribution in [0.2, 0.25) is 5.02 Å². The number of ether oxygens (including phenoxy) is 1. The minimum absolute atomic E-state index is 0.0243. The van der Waals surface area contributed by atoms with Gasteiger partial charge in [-0.05, 0) is 82.7 Å². The summed E-state index contributed by atoms with van der Waals surface area (Å²) in [6, 6.07) is 7.94. The zero-order valence-corrected chi connectivity index (χ0v) is 26.1. The molecule has 0 aliphatic rings. The first-order valence-corrected chi connectivity index (χ1v) is 14.3. The van der Waals surface area contributed by atoms with E-state index in [2.05, 4.69) is 10.6 Å². The van der Waals surface area contributed by atoms with Crippen molar-refractivity contribution in [1.82, 2.24) is 10.2 Å². The highest BCUT2D eigenvalue weighted by atomic mass is 35.5. The van der Waals surface area contributed by atoms with E-state index in [4.69, 9.17) is 22.1 Å². The van der Waals surface area contributed by atoms with E-state index in [1.807, 2.05) is 13.8 Å². The molecule has 0 fully saturated rings. The number of halogens is 1. The quantitative estimate of drug-likeness (QED) is 0.253. The fourth-order valence-electron chi connectivity index (χ4n) is 4.42. The summed E-state index contributed by atoms with van der Waals surface area (Å²) in [6.07, 6.45) is -0.168. The number of hydrogen-bond acceptors (Lipinski definition) is 6. The second kappa shape index (κ2) is 14.9. The number of carbonyl (C=O) groups excluding carboxylic acids is 4. The van der Waals surface area contributed by atoms with Gasteiger partial charge in [-0.2, -0.15) is 0 Å². The molecule has 3 unspecified atom stereocenters. The van der Waals surface area contributed by atoms with Gasteiger partial charge in [0.25, 0.3) is 5.91 Å². The summed E-state index contributed by atoms with van der Waals surface area (Å²) in [6.45, 7) is 12.7. The number of nitrogens with two attached hydrogens (primary N) is 1. The smallest absolute Gasteiger partial charge is 0.408 e. The summed E-state index contributed by atoms with van der Waals surface area (Å²) in [5.41, 5.74) is 6.11. The number of alkyl carbamates (subject to hydrolysis) is 1. The van der Waals surface area contributed by atoms with Crippen molar-refractivity contribution in [3.8, 4) is 5.75 Å². The summed E-state index contributed by atoms with van der Waals surface area (Å²) >= 11 is 6.41. The number of nitrogens with zero attached hydrogens (tertiary/aromatic N) is 1. The molecular weight excluding hydrogens is 560 g/mol. The van der Waals surface area contributed by atoms with Crippen LogP contribution in [0.25, 0.3) is 0 Å². The van der Waals surface area contributed by atoms with Gasteiger partial charge in [0.15, 0.2) is 0 Å². The molecule has 5 N–H and O–H groups in total. The van der Waals surface area contributed by atoms with Crippen molar-refractivity contribution in [1.29, 1.82) is 0 Å². The van der Waals surface area contributed by atoms with Crippen LogP contribution in [0, 0.1) is 12.8 Å². The molecule has 10 nitrogen and oxygen atoms in total. The third-order valence-electron chi connectivity index (χ3n) is 6.49. The van der Waals surface area contributed by atoms with Gasteiger partial charge in [-0.3, -0.25) is 14.4 Å². The van der Waals surface area contributed by atoms with E-state index < -0.39 is 54.0 Å². The highest BCUT2D eigenvalue weighted by Crippen LogP contribution is 2.32. The predicted octanol–water partition coefficient (Wildman–Crippen LogP) is 5.46. The molecule has 0 aliphatic carbocycles. The Morgan fingerprint density at radius 2 is 1.64 bits per heavy atom. The van der Waals surface area contributed by atoms with Crippen molar-refractivity contribution in [2.24, 2.45) is 11.7 Å². The van der Waals surface area contributed by atoms with Crippen LogP contribution in [0.1, 0.15) is 78.0 Å². The summed E-state index contributed by atoms with van der Waals surface area (Å²) in [4.78, 5) is 54.6. The van der Waals surface area contributed by atoms with Crippen molar-refractivity contribution in [2.75, 3.05) is 5.32 Å². The van der Waals surface area contributed by atoms with Crippen LogP contribution in [0.4, 0.5) is 10.5 Å². The largest absolute Gasteiger partial charge is 0.508 e. The third-order valence-corrected chi connectivity index (χ3v) is 6.81. The van der Waals surface area contributed by atoms with Crippen LogP contribution in [0.3, 0.4) is 0 Å². The Hall–Kier alpha value is -3.79. The molecule has 0 heterocycles. The highest BCUT2D eigenvalue weighted by Gasteiger charge is 2.39. The minimum atomic E-state index is -1.41. The van der Waals surface area contributed by atoms with Gasteiger partial charge in [-0.1, -0.05) is 49.7 Å². The van der Waals surface area contributed by atoms with Crippen LogP contribution < -0.4 is 16.4 Å². The molecule has 0 saturated carbocycles. The number of aryl methyl sites for hydroxylation is 1. The van der Waals surface area contributed by atoms with Gasteiger partial charge in [0.05, 0.1) is 17.1 Å². The average molecular weight is 603 g/mol. The van der Waals surface area contributed by atoms with Crippen LogP contribution in [0.5, 0.6) is 5.75 Å². The monoisotopic (exact) mass is 602 g/mol. The van der Waals surface area contributed by atoms with Crippen LogP contribution >= 0.6 is 11.6 Å². The Morgan fingerprint density at radius 1 is 1.02 bits per heavy atom. The Labute approximate surface area is 252 Å². The normalized spacial score (nSPS) is 13.5. The maximum absolute atomic E-state index is 14.3. The van der Waals surface area contributed by atoms with Crippen molar-refractivity contribution < 1.29 is 29.0 Å². The number of phenols is 1.